The van der Waals surface area contributed by atoms with Crippen molar-refractivity contribution in [3.8, 4) is 6.07 Å². The van der Waals surface area contributed by atoms with Crippen LogP contribution in [0.5, 0.6) is 0 Å². The number of methoxy groups -OCH3 is 1. The maximum absolute atomic E-state index is 11.5. The van der Waals surface area contributed by atoms with E-state index in [1.165, 1.54) is 7.11 Å². The summed E-state index contributed by atoms with van der Waals surface area (Å²) in [6.07, 6.45) is 0.768. The first-order chi connectivity index (χ1) is 7.67. The van der Waals surface area contributed by atoms with Gasteiger partial charge in [0.05, 0.1) is 24.3 Å². The second kappa shape index (κ2) is 5.66. The van der Waals surface area contributed by atoms with Gasteiger partial charge in [-0.2, -0.15) is 5.26 Å². The Morgan fingerprint density at radius 1 is 1.50 bits per heavy atom. The van der Waals surface area contributed by atoms with Gasteiger partial charge in [-0.3, -0.25) is 0 Å². The lowest BCUT2D eigenvalue weighted by Gasteiger charge is -2.09. The molecule has 0 heterocycles. The Labute approximate surface area is 103 Å². The molecule has 16 heavy (non-hydrogen) atoms. The van der Waals surface area contributed by atoms with E-state index < -0.39 is 5.97 Å². The summed E-state index contributed by atoms with van der Waals surface area (Å²) in [6.45, 7) is 1.98. The van der Waals surface area contributed by atoms with Crippen molar-refractivity contribution in [2.75, 3.05) is 7.11 Å². The average molecular weight is 282 g/mol. The molecule has 0 fully saturated rings. The molecular formula is C12H12BrNO2. The van der Waals surface area contributed by atoms with E-state index in [0.29, 0.717) is 16.5 Å². The smallest absolute Gasteiger partial charge is 0.338 e. The van der Waals surface area contributed by atoms with Crippen molar-refractivity contribution in [1.29, 1.82) is 5.26 Å². The summed E-state index contributed by atoms with van der Waals surface area (Å²) in [4.78, 5) is 11.5. The molecule has 0 aliphatic heterocycles. The number of hydrogen-bond donors (Lipinski definition) is 0. The minimum Gasteiger partial charge on any atom is -0.465 e. The fourth-order valence-corrected chi connectivity index (χ4v) is 1.97. The van der Waals surface area contributed by atoms with Crippen LogP contribution in [0.4, 0.5) is 0 Å². The number of hydrogen-bond acceptors (Lipinski definition) is 3. The Hall–Kier alpha value is -1.34. The monoisotopic (exact) mass is 281 g/mol. The molecule has 0 saturated carbocycles. The molecule has 3 nitrogen and oxygen atoms in total. The minimum atomic E-state index is -0.409. The zero-order valence-electron chi connectivity index (χ0n) is 9.21. The summed E-state index contributed by atoms with van der Waals surface area (Å²) in [5.41, 5.74) is 2.79. The molecule has 1 rings (SSSR count). The molecule has 1 aromatic rings. The summed E-state index contributed by atoms with van der Waals surface area (Å²) >= 11 is 3.32. The third-order valence-corrected chi connectivity index (χ3v) is 2.98. The van der Waals surface area contributed by atoms with Gasteiger partial charge >= 0.3 is 5.97 Å². The number of carbonyl (C=O) groups excluding carboxylic acids is 1. The first-order valence-corrected chi connectivity index (χ1v) is 6.00. The highest BCUT2D eigenvalue weighted by molar-refractivity contribution is 9.08. The van der Waals surface area contributed by atoms with Crippen LogP contribution in [0.3, 0.4) is 0 Å². The van der Waals surface area contributed by atoms with E-state index in [1.54, 1.807) is 6.07 Å². The Morgan fingerprint density at radius 2 is 2.19 bits per heavy atom. The van der Waals surface area contributed by atoms with E-state index in [4.69, 9.17) is 5.26 Å². The topological polar surface area (TPSA) is 50.1 Å². The second-order valence-electron chi connectivity index (χ2n) is 3.26. The number of carbonyl (C=O) groups is 1. The zero-order valence-corrected chi connectivity index (χ0v) is 10.8. The quantitative estimate of drug-likeness (QED) is 0.632. The number of rotatable bonds is 3. The molecule has 0 N–H and O–H groups in total. The van der Waals surface area contributed by atoms with E-state index in [1.807, 2.05) is 13.0 Å². The van der Waals surface area contributed by atoms with Crippen molar-refractivity contribution >= 4 is 21.9 Å². The van der Waals surface area contributed by atoms with Gasteiger partial charge in [0.15, 0.2) is 0 Å². The summed E-state index contributed by atoms with van der Waals surface area (Å²) in [5, 5.41) is 9.54. The lowest BCUT2D eigenvalue weighted by Crippen LogP contribution is -2.07. The molecule has 84 valence electrons. The fraction of sp³-hybridized carbons (Fsp3) is 0.333. The molecule has 1 aromatic carbocycles. The Morgan fingerprint density at radius 3 is 2.62 bits per heavy atom. The number of esters is 1. The number of alkyl halides is 1. The number of aryl methyl sites for hydroxylation is 1. The molecule has 0 unspecified atom stereocenters. The SMILES string of the molecule is CCc1cc(CBr)c(C(=O)OC)cc1C#N. The molecular weight excluding hydrogens is 270 g/mol. The summed E-state index contributed by atoms with van der Waals surface area (Å²) in [7, 11) is 1.33. The van der Waals surface area contributed by atoms with Crippen LogP contribution >= 0.6 is 15.9 Å². The molecule has 0 bridgehead atoms. The maximum atomic E-state index is 11.5. The third-order valence-electron chi connectivity index (χ3n) is 2.38. The van der Waals surface area contributed by atoms with Crippen LogP contribution in [0.1, 0.15) is 34.0 Å². The molecule has 0 aliphatic rings. The van der Waals surface area contributed by atoms with Crippen molar-refractivity contribution in [3.05, 3.63) is 34.4 Å². The highest BCUT2D eigenvalue weighted by atomic mass is 79.9. The maximum Gasteiger partial charge on any atom is 0.338 e. The van der Waals surface area contributed by atoms with E-state index in [-0.39, 0.29) is 0 Å². The molecule has 0 atom stereocenters. The van der Waals surface area contributed by atoms with Gasteiger partial charge in [0, 0.05) is 5.33 Å². The second-order valence-corrected chi connectivity index (χ2v) is 3.82. The van der Waals surface area contributed by atoms with E-state index in [0.717, 1.165) is 17.5 Å². The van der Waals surface area contributed by atoms with Crippen LogP contribution in [-0.2, 0) is 16.5 Å². The molecule has 0 saturated heterocycles. The molecule has 0 amide bonds. The van der Waals surface area contributed by atoms with Crippen molar-refractivity contribution in [2.24, 2.45) is 0 Å². The van der Waals surface area contributed by atoms with Crippen LogP contribution in [-0.4, -0.2) is 13.1 Å². The van der Waals surface area contributed by atoms with E-state index >= 15 is 0 Å². The van der Waals surface area contributed by atoms with Crippen LogP contribution in [0.25, 0.3) is 0 Å². The van der Waals surface area contributed by atoms with Gasteiger partial charge in [0.25, 0.3) is 0 Å². The van der Waals surface area contributed by atoms with Crippen molar-refractivity contribution in [2.45, 2.75) is 18.7 Å². The van der Waals surface area contributed by atoms with Crippen molar-refractivity contribution in [1.82, 2.24) is 0 Å². The van der Waals surface area contributed by atoms with Gasteiger partial charge in [-0.1, -0.05) is 28.9 Å². The summed E-state index contributed by atoms with van der Waals surface area (Å²) in [6, 6.07) is 5.57. The first-order valence-electron chi connectivity index (χ1n) is 4.88. The number of nitriles is 1. The lowest BCUT2D eigenvalue weighted by molar-refractivity contribution is 0.0600. The molecule has 0 aromatic heterocycles. The Kier molecular flexibility index (Phi) is 4.51. The highest BCUT2D eigenvalue weighted by Gasteiger charge is 2.14. The van der Waals surface area contributed by atoms with Crippen LogP contribution in [0.15, 0.2) is 12.1 Å². The highest BCUT2D eigenvalue weighted by Crippen LogP contribution is 2.20. The van der Waals surface area contributed by atoms with Crippen molar-refractivity contribution < 1.29 is 9.53 Å². The predicted octanol–water partition coefficient (Wildman–Crippen LogP) is 2.80. The number of ether oxygens (including phenoxy) is 1. The Bertz CT molecular complexity index is 449. The number of benzene rings is 1. The van der Waals surface area contributed by atoms with Crippen LogP contribution in [0, 0.1) is 11.3 Å². The van der Waals surface area contributed by atoms with Gasteiger partial charge in [0.2, 0.25) is 0 Å². The third kappa shape index (κ3) is 2.42. The normalized spacial score (nSPS) is 9.62. The number of nitrogens with zero attached hydrogens (tertiary/aromatic N) is 1. The standard InChI is InChI=1S/C12H12BrNO2/c1-3-8-4-9(6-13)11(12(15)16-2)5-10(8)7-14/h4-5H,3,6H2,1-2H3. The molecule has 0 spiro atoms. The summed E-state index contributed by atoms with van der Waals surface area (Å²) < 4.78 is 4.68. The molecule has 0 radical (unpaired) electrons. The first kappa shape index (κ1) is 12.7. The largest absolute Gasteiger partial charge is 0.465 e. The van der Waals surface area contributed by atoms with Crippen LogP contribution in [0.2, 0.25) is 0 Å². The minimum absolute atomic E-state index is 0.409. The van der Waals surface area contributed by atoms with Gasteiger partial charge in [-0.05, 0) is 23.6 Å². The van der Waals surface area contributed by atoms with Crippen LogP contribution < -0.4 is 0 Å². The Balaban J connectivity index is 3.38. The molecule has 4 heteroatoms. The van der Waals surface area contributed by atoms with E-state index in [9.17, 15) is 4.79 Å². The van der Waals surface area contributed by atoms with Gasteiger partial charge in [0.1, 0.15) is 0 Å². The lowest BCUT2D eigenvalue weighted by atomic mass is 9.98. The zero-order chi connectivity index (χ0) is 12.1. The molecule has 0 aliphatic carbocycles. The van der Waals surface area contributed by atoms with Gasteiger partial charge < -0.3 is 4.74 Å². The number of halogens is 1. The van der Waals surface area contributed by atoms with Crippen molar-refractivity contribution in [3.63, 3.8) is 0 Å². The fourth-order valence-electron chi connectivity index (χ4n) is 1.50. The predicted molar refractivity (Wildman–Crippen MR) is 64.5 cm³/mol. The van der Waals surface area contributed by atoms with Gasteiger partial charge in [-0.25, -0.2) is 4.79 Å². The average Bonchev–Trinajstić information content (AvgIpc) is 2.35. The summed E-state index contributed by atoms with van der Waals surface area (Å²) in [5.74, 6) is -0.409. The van der Waals surface area contributed by atoms with E-state index in [2.05, 4.69) is 26.7 Å². The van der Waals surface area contributed by atoms with Gasteiger partial charge in [-0.15, -0.1) is 0 Å².